The number of para-hydroxylation sites is 2. The molecular formula is C46H32N2. The maximum Gasteiger partial charge on any atom is 0.0544 e. The normalized spacial score (nSPS) is 14.3. The van der Waals surface area contributed by atoms with Crippen LogP contribution in [0.15, 0.2) is 164 Å². The lowest BCUT2D eigenvalue weighted by Crippen LogP contribution is -2.32. The Balaban J connectivity index is 1.19. The predicted molar refractivity (Wildman–Crippen MR) is 203 cm³/mol. The van der Waals surface area contributed by atoms with Crippen LogP contribution < -0.4 is 10.6 Å². The Kier molecular flexibility index (Phi) is 6.04. The fourth-order valence-corrected chi connectivity index (χ4v) is 8.11. The number of fused-ring (bicyclic) bond motifs is 7. The molecule has 2 nitrogen and oxygen atoms in total. The zero-order chi connectivity index (χ0) is 31.6. The minimum Gasteiger partial charge on any atom is -0.310 e. The van der Waals surface area contributed by atoms with E-state index >= 15 is 0 Å². The van der Waals surface area contributed by atoms with Crippen LogP contribution in [-0.2, 0) is 0 Å². The van der Waals surface area contributed by atoms with Crippen LogP contribution in [0.5, 0.6) is 0 Å². The number of nitrogens with zero attached hydrogens (tertiary/aromatic N) is 2. The first kappa shape index (κ1) is 27.0. The third-order valence-corrected chi connectivity index (χ3v) is 10.3. The summed E-state index contributed by atoms with van der Waals surface area (Å²) in [6, 6.07) is 59.7. The number of hydrogen-bond acceptors (Lipinski definition) is 0. The SMILES string of the molecule is C1=c2c(n(-c3ccc(-c4ccccc4)cc3)c3ccccc23)=CC(c2cccc3c2c2ccccc2n3-c2cccc3ccccc23)C1. The van der Waals surface area contributed by atoms with Crippen LogP contribution >= 0.6 is 0 Å². The molecule has 0 spiro atoms. The molecule has 7 aromatic carbocycles. The maximum atomic E-state index is 2.53. The minimum absolute atomic E-state index is 0.236. The Morgan fingerprint density at radius 2 is 1.08 bits per heavy atom. The van der Waals surface area contributed by atoms with Gasteiger partial charge < -0.3 is 9.13 Å². The summed E-state index contributed by atoms with van der Waals surface area (Å²) < 4.78 is 4.93. The zero-order valence-corrected chi connectivity index (χ0v) is 26.4. The lowest BCUT2D eigenvalue weighted by Gasteiger charge is -2.17. The van der Waals surface area contributed by atoms with E-state index in [0.717, 1.165) is 6.42 Å². The van der Waals surface area contributed by atoms with Crippen molar-refractivity contribution in [1.29, 1.82) is 0 Å². The van der Waals surface area contributed by atoms with Gasteiger partial charge in [-0.2, -0.15) is 0 Å². The topological polar surface area (TPSA) is 9.86 Å². The van der Waals surface area contributed by atoms with E-state index in [1.165, 1.54) is 82.1 Å². The van der Waals surface area contributed by atoms with Crippen molar-refractivity contribution in [2.45, 2.75) is 12.3 Å². The number of aromatic nitrogens is 2. The highest BCUT2D eigenvalue weighted by Gasteiger charge is 2.22. The first-order valence-corrected chi connectivity index (χ1v) is 16.8. The lowest BCUT2D eigenvalue weighted by atomic mass is 9.89. The van der Waals surface area contributed by atoms with E-state index in [2.05, 4.69) is 185 Å². The van der Waals surface area contributed by atoms with Crippen LogP contribution in [0.2, 0.25) is 0 Å². The zero-order valence-electron chi connectivity index (χ0n) is 26.4. The summed E-state index contributed by atoms with van der Waals surface area (Å²) in [5, 5.41) is 9.07. The molecular weight excluding hydrogens is 581 g/mol. The molecule has 2 aromatic heterocycles. The van der Waals surface area contributed by atoms with E-state index in [-0.39, 0.29) is 5.92 Å². The molecule has 0 fully saturated rings. The van der Waals surface area contributed by atoms with Crippen molar-refractivity contribution in [1.82, 2.24) is 9.13 Å². The third-order valence-electron chi connectivity index (χ3n) is 10.3. The quantitative estimate of drug-likeness (QED) is 0.187. The third kappa shape index (κ3) is 4.06. The molecule has 1 unspecified atom stereocenters. The Bertz CT molecular complexity index is 2790. The van der Waals surface area contributed by atoms with Gasteiger partial charge in [0.25, 0.3) is 0 Å². The van der Waals surface area contributed by atoms with E-state index in [0.29, 0.717) is 0 Å². The molecule has 2 heteroatoms. The summed E-state index contributed by atoms with van der Waals surface area (Å²) in [5.41, 5.74) is 9.98. The highest BCUT2D eigenvalue weighted by molar-refractivity contribution is 6.12. The van der Waals surface area contributed by atoms with Crippen LogP contribution in [-0.4, -0.2) is 9.13 Å². The highest BCUT2D eigenvalue weighted by Crippen LogP contribution is 2.40. The second kappa shape index (κ2) is 10.7. The Hall–Kier alpha value is -6.12. The van der Waals surface area contributed by atoms with Crippen molar-refractivity contribution in [2.75, 3.05) is 0 Å². The van der Waals surface area contributed by atoms with Gasteiger partial charge in [0, 0.05) is 38.4 Å². The predicted octanol–water partition coefficient (Wildman–Crippen LogP) is 10.3. The van der Waals surface area contributed by atoms with E-state index in [4.69, 9.17) is 0 Å². The van der Waals surface area contributed by atoms with Crippen molar-refractivity contribution in [2.24, 2.45) is 0 Å². The molecule has 10 rings (SSSR count). The molecule has 226 valence electrons. The van der Waals surface area contributed by atoms with Gasteiger partial charge in [0.2, 0.25) is 0 Å². The number of hydrogen-bond donors (Lipinski definition) is 0. The van der Waals surface area contributed by atoms with Gasteiger partial charge in [-0.3, -0.25) is 0 Å². The Morgan fingerprint density at radius 1 is 0.458 bits per heavy atom. The maximum absolute atomic E-state index is 2.53. The van der Waals surface area contributed by atoms with Crippen molar-refractivity contribution in [3.8, 4) is 22.5 Å². The van der Waals surface area contributed by atoms with Crippen LogP contribution in [0.1, 0.15) is 17.9 Å². The van der Waals surface area contributed by atoms with Crippen molar-refractivity contribution in [3.63, 3.8) is 0 Å². The fourth-order valence-electron chi connectivity index (χ4n) is 8.11. The van der Waals surface area contributed by atoms with Gasteiger partial charge in [-0.25, -0.2) is 0 Å². The first-order valence-electron chi connectivity index (χ1n) is 16.8. The fraction of sp³-hybridized carbons (Fsp3) is 0.0435. The first-order chi connectivity index (χ1) is 23.8. The van der Waals surface area contributed by atoms with Gasteiger partial charge in [0.05, 0.1) is 27.6 Å². The number of rotatable bonds is 4. The van der Waals surface area contributed by atoms with Gasteiger partial charge in [-0.05, 0) is 64.9 Å². The molecule has 0 saturated carbocycles. The molecule has 1 aliphatic rings. The van der Waals surface area contributed by atoms with Gasteiger partial charge in [-0.15, -0.1) is 0 Å². The Morgan fingerprint density at radius 3 is 1.92 bits per heavy atom. The van der Waals surface area contributed by atoms with E-state index < -0.39 is 0 Å². The standard InChI is InChI=1S/C46H32N2/c1-2-12-31(13-3-1)32-24-27-35(28-25-32)47-42-20-8-6-17-38(42)39-29-26-34(30-45(39)47)37-19-11-23-44-46(37)40-18-7-9-21-43(40)48(44)41-22-10-15-33-14-4-5-16-36(33)41/h1-25,27-30,34H,26H2. The van der Waals surface area contributed by atoms with Crippen LogP contribution in [0.25, 0.3) is 78.1 Å². The summed E-state index contributed by atoms with van der Waals surface area (Å²) in [6.45, 7) is 0. The van der Waals surface area contributed by atoms with Gasteiger partial charge >= 0.3 is 0 Å². The number of benzene rings is 7. The van der Waals surface area contributed by atoms with E-state index in [1.54, 1.807) is 0 Å². The van der Waals surface area contributed by atoms with Crippen LogP contribution in [0.4, 0.5) is 0 Å². The molecule has 9 aromatic rings. The molecule has 0 saturated heterocycles. The molecule has 1 aliphatic carbocycles. The molecule has 0 aliphatic heterocycles. The molecule has 0 amide bonds. The average Bonchev–Trinajstić information content (AvgIpc) is 3.68. The second-order valence-electron chi connectivity index (χ2n) is 12.9. The summed E-state index contributed by atoms with van der Waals surface area (Å²) in [7, 11) is 0. The van der Waals surface area contributed by atoms with Crippen molar-refractivity contribution >= 4 is 55.6 Å². The second-order valence-corrected chi connectivity index (χ2v) is 12.9. The summed E-state index contributed by atoms with van der Waals surface area (Å²) in [4.78, 5) is 0. The Labute approximate surface area is 278 Å². The molecule has 0 radical (unpaired) electrons. The van der Waals surface area contributed by atoms with E-state index in [9.17, 15) is 0 Å². The van der Waals surface area contributed by atoms with Crippen molar-refractivity contribution in [3.05, 3.63) is 180 Å². The lowest BCUT2D eigenvalue weighted by molar-refractivity contribution is 0.912. The van der Waals surface area contributed by atoms with E-state index in [1.807, 2.05) is 0 Å². The van der Waals surface area contributed by atoms with Gasteiger partial charge in [-0.1, -0.05) is 140 Å². The van der Waals surface area contributed by atoms with Gasteiger partial charge in [0.15, 0.2) is 0 Å². The highest BCUT2D eigenvalue weighted by atomic mass is 15.0. The summed E-state index contributed by atoms with van der Waals surface area (Å²) in [5.74, 6) is 0.236. The van der Waals surface area contributed by atoms with Crippen LogP contribution in [0.3, 0.4) is 0 Å². The summed E-state index contributed by atoms with van der Waals surface area (Å²) >= 11 is 0. The summed E-state index contributed by atoms with van der Waals surface area (Å²) in [6.07, 6.45) is 5.96. The minimum atomic E-state index is 0.236. The largest absolute Gasteiger partial charge is 0.310 e. The molecule has 48 heavy (non-hydrogen) atoms. The average molecular weight is 613 g/mol. The van der Waals surface area contributed by atoms with Crippen LogP contribution in [0, 0.1) is 0 Å². The molecule has 0 bridgehead atoms. The smallest absolute Gasteiger partial charge is 0.0544 e. The molecule has 2 heterocycles. The van der Waals surface area contributed by atoms with Gasteiger partial charge in [0.1, 0.15) is 0 Å². The molecule has 1 atom stereocenters. The van der Waals surface area contributed by atoms with Crippen molar-refractivity contribution < 1.29 is 0 Å². The molecule has 0 N–H and O–H groups in total. The monoisotopic (exact) mass is 612 g/mol.